The number of alkyl halides is 3. The number of β-amino-alcohol motifs (C(OH)–C–C–N with tert-alkyl or cyclic N) is 1. The molecule has 0 unspecified atom stereocenters. The zero-order chi connectivity index (χ0) is 21.0. The van der Waals surface area contributed by atoms with Crippen LogP contribution in [0, 0.1) is 0 Å². The van der Waals surface area contributed by atoms with Crippen LogP contribution < -0.4 is 25.4 Å². The van der Waals surface area contributed by atoms with Gasteiger partial charge in [0.25, 0.3) is 0 Å². The van der Waals surface area contributed by atoms with Gasteiger partial charge in [-0.2, -0.15) is 23.1 Å². The molecule has 4 N–H and O–H groups in total. The van der Waals surface area contributed by atoms with Gasteiger partial charge in [-0.1, -0.05) is 12.1 Å². The number of halogens is 3. The molecule has 1 atom stereocenters. The molecule has 2 aromatic rings. The molecule has 11 heteroatoms. The predicted octanol–water partition coefficient (Wildman–Crippen LogP) is 2.19. The van der Waals surface area contributed by atoms with Crippen LogP contribution in [0.2, 0.25) is 0 Å². The van der Waals surface area contributed by atoms with Gasteiger partial charge in [0.05, 0.1) is 13.2 Å². The van der Waals surface area contributed by atoms with Crippen molar-refractivity contribution in [3.8, 4) is 11.8 Å². The van der Waals surface area contributed by atoms with Crippen molar-refractivity contribution in [1.29, 1.82) is 0 Å². The summed E-state index contributed by atoms with van der Waals surface area (Å²) >= 11 is 0. The highest BCUT2D eigenvalue weighted by Gasteiger charge is 2.30. The fourth-order valence-corrected chi connectivity index (χ4v) is 2.89. The van der Waals surface area contributed by atoms with E-state index in [0.717, 1.165) is 5.56 Å². The molecular formula is C18H22F3N5O3. The molecule has 0 aliphatic carbocycles. The Bertz CT molecular complexity index is 833. The lowest BCUT2D eigenvalue weighted by Crippen LogP contribution is -2.25. The Balaban J connectivity index is 1.82. The smallest absolute Gasteiger partial charge is 0.422 e. The summed E-state index contributed by atoms with van der Waals surface area (Å²) in [6.07, 6.45) is -4.57. The van der Waals surface area contributed by atoms with Gasteiger partial charge >= 0.3 is 12.2 Å². The summed E-state index contributed by atoms with van der Waals surface area (Å²) in [6, 6.07) is 6.80. The number of rotatable bonds is 7. The summed E-state index contributed by atoms with van der Waals surface area (Å²) in [4.78, 5) is 9.72. The monoisotopic (exact) mass is 413 g/mol. The Morgan fingerprint density at radius 2 is 2.00 bits per heavy atom. The number of hydrogen-bond acceptors (Lipinski definition) is 8. The largest absolute Gasteiger partial charge is 0.497 e. The molecule has 29 heavy (non-hydrogen) atoms. The molecule has 1 aliphatic heterocycles. The van der Waals surface area contributed by atoms with Crippen molar-refractivity contribution in [2.24, 2.45) is 0 Å². The van der Waals surface area contributed by atoms with E-state index in [4.69, 9.17) is 15.2 Å². The van der Waals surface area contributed by atoms with E-state index >= 15 is 0 Å². The first-order valence-electron chi connectivity index (χ1n) is 8.92. The Morgan fingerprint density at radius 3 is 2.59 bits per heavy atom. The number of aliphatic hydroxyl groups excluding tert-OH is 1. The minimum absolute atomic E-state index is 0.157. The average molecular weight is 413 g/mol. The van der Waals surface area contributed by atoms with Crippen LogP contribution in [0.5, 0.6) is 11.8 Å². The van der Waals surface area contributed by atoms with Crippen molar-refractivity contribution in [2.75, 3.05) is 42.8 Å². The van der Waals surface area contributed by atoms with E-state index in [1.807, 2.05) is 12.1 Å². The maximum atomic E-state index is 12.5. The molecule has 0 spiro atoms. The fourth-order valence-electron chi connectivity index (χ4n) is 2.89. The standard InChI is InChI=1S/C18H22F3N5O3/c1-28-13-4-2-11(3-5-13)8-23-15-14(22)16(26-7-6-12(27)9-26)25-17(24-15)29-10-18(19,20)21/h2-5,12,27H,6-10,22H2,1H3,(H,23,24,25)/t12-/m0/s1. The van der Waals surface area contributed by atoms with Crippen molar-refractivity contribution in [2.45, 2.75) is 25.2 Å². The lowest BCUT2D eigenvalue weighted by molar-refractivity contribution is -0.154. The molecule has 1 aliphatic rings. The number of nitrogens with two attached hydrogens (primary N) is 1. The predicted molar refractivity (Wildman–Crippen MR) is 101 cm³/mol. The number of methoxy groups -OCH3 is 1. The minimum Gasteiger partial charge on any atom is -0.497 e. The molecule has 0 amide bonds. The van der Waals surface area contributed by atoms with Crippen LogP contribution in [0.3, 0.4) is 0 Å². The summed E-state index contributed by atoms with van der Waals surface area (Å²) in [6.45, 7) is -0.445. The van der Waals surface area contributed by atoms with Gasteiger partial charge in [-0.05, 0) is 24.1 Å². The number of nitrogen functional groups attached to an aromatic ring is 1. The summed E-state index contributed by atoms with van der Waals surface area (Å²) in [7, 11) is 1.56. The molecule has 1 fully saturated rings. The van der Waals surface area contributed by atoms with E-state index in [0.29, 0.717) is 25.3 Å². The molecule has 1 aromatic carbocycles. The average Bonchev–Trinajstić information content (AvgIpc) is 3.12. The molecule has 0 radical (unpaired) electrons. The number of nitrogens with zero attached hydrogens (tertiary/aromatic N) is 3. The van der Waals surface area contributed by atoms with Crippen LogP contribution in [-0.4, -0.2) is 54.2 Å². The second-order valence-corrected chi connectivity index (χ2v) is 6.59. The normalized spacial score (nSPS) is 16.7. The maximum absolute atomic E-state index is 12.5. The molecule has 0 saturated carbocycles. The lowest BCUT2D eigenvalue weighted by Gasteiger charge is -2.21. The van der Waals surface area contributed by atoms with Gasteiger partial charge in [-0.15, -0.1) is 0 Å². The summed E-state index contributed by atoms with van der Waals surface area (Å²) in [5.74, 6) is 1.09. The van der Waals surface area contributed by atoms with Gasteiger partial charge in [0.15, 0.2) is 18.2 Å². The first kappa shape index (κ1) is 20.8. The van der Waals surface area contributed by atoms with Crippen LogP contribution in [0.4, 0.5) is 30.5 Å². The molecule has 158 valence electrons. The van der Waals surface area contributed by atoms with Gasteiger partial charge < -0.3 is 30.5 Å². The van der Waals surface area contributed by atoms with Gasteiger partial charge in [0.1, 0.15) is 11.4 Å². The number of nitrogens with one attached hydrogen (secondary N) is 1. The number of benzene rings is 1. The van der Waals surface area contributed by atoms with Gasteiger partial charge in [-0.3, -0.25) is 0 Å². The second kappa shape index (κ2) is 8.60. The Labute approximate surface area is 165 Å². The number of aliphatic hydroxyl groups is 1. The summed E-state index contributed by atoms with van der Waals surface area (Å²) in [5.41, 5.74) is 7.22. The van der Waals surface area contributed by atoms with Gasteiger partial charge in [-0.25, -0.2) is 0 Å². The highest BCUT2D eigenvalue weighted by atomic mass is 19.4. The highest BCUT2D eigenvalue weighted by molar-refractivity contribution is 5.76. The van der Waals surface area contributed by atoms with E-state index in [1.165, 1.54) is 0 Å². The van der Waals surface area contributed by atoms with E-state index in [1.54, 1.807) is 24.1 Å². The molecule has 2 heterocycles. The number of hydrogen-bond donors (Lipinski definition) is 3. The number of anilines is 3. The first-order valence-corrected chi connectivity index (χ1v) is 8.92. The van der Waals surface area contributed by atoms with Crippen molar-refractivity contribution < 1.29 is 27.8 Å². The highest BCUT2D eigenvalue weighted by Crippen LogP contribution is 2.32. The summed E-state index contributed by atoms with van der Waals surface area (Å²) in [5, 5.41) is 12.8. The Kier molecular flexibility index (Phi) is 6.16. The van der Waals surface area contributed by atoms with E-state index < -0.39 is 24.9 Å². The zero-order valence-electron chi connectivity index (χ0n) is 15.7. The molecule has 0 bridgehead atoms. The minimum atomic E-state index is -4.52. The SMILES string of the molecule is COc1ccc(CNc2nc(OCC(F)(F)F)nc(N3CC[C@H](O)C3)c2N)cc1. The molecule has 3 rings (SSSR count). The van der Waals surface area contributed by atoms with E-state index in [2.05, 4.69) is 15.3 Å². The third kappa shape index (κ3) is 5.53. The fraction of sp³-hybridized carbons (Fsp3) is 0.444. The van der Waals surface area contributed by atoms with Crippen molar-refractivity contribution in [3.63, 3.8) is 0 Å². The number of aromatic nitrogens is 2. The molecular weight excluding hydrogens is 391 g/mol. The van der Waals surface area contributed by atoms with Crippen LogP contribution in [0.15, 0.2) is 24.3 Å². The van der Waals surface area contributed by atoms with Gasteiger partial charge in [0.2, 0.25) is 0 Å². The van der Waals surface area contributed by atoms with Crippen LogP contribution in [0.1, 0.15) is 12.0 Å². The molecule has 1 saturated heterocycles. The Hall–Kier alpha value is -2.95. The third-order valence-corrected chi connectivity index (χ3v) is 4.35. The first-order chi connectivity index (χ1) is 13.7. The van der Waals surface area contributed by atoms with Crippen molar-refractivity contribution in [3.05, 3.63) is 29.8 Å². The quantitative estimate of drug-likeness (QED) is 0.635. The van der Waals surface area contributed by atoms with Crippen LogP contribution in [-0.2, 0) is 6.54 Å². The topological polar surface area (TPSA) is 106 Å². The molecule has 8 nitrogen and oxygen atoms in total. The van der Waals surface area contributed by atoms with Crippen LogP contribution >= 0.6 is 0 Å². The van der Waals surface area contributed by atoms with Crippen LogP contribution in [0.25, 0.3) is 0 Å². The van der Waals surface area contributed by atoms with E-state index in [-0.39, 0.29) is 23.9 Å². The van der Waals surface area contributed by atoms with Crippen molar-refractivity contribution >= 4 is 17.3 Å². The molecule has 1 aromatic heterocycles. The Morgan fingerprint density at radius 1 is 1.28 bits per heavy atom. The summed E-state index contributed by atoms with van der Waals surface area (Å²) < 4.78 is 47.4. The lowest BCUT2D eigenvalue weighted by atomic mass is 10.2. The number of ether oxygens (including phenoxy) is 2. The van der Waals surface area contributed by atoms with Gasteiger partial charge in [0, 0.05) is 19.6 Å². The zero-order valence-corrected chi connectivity index (χ0v) is 15.7. The van der Waals surface area contributed by atoms with E-state index in [9.17, 15) is 18.3 Å². The third-order valence-electron chi connectivity index (χ3n) is 4.35. The maximum Gasteiger partial charge on any atom is 0.422 e. The second-order valence-electron chi connectivity index (χ2n) is 6.59. The van der Waals surface area contributed by atoms with Crippen molar-refractivity contribution in [1.82, 2.24) is 9.97 Å².